The number of rotatable bonds is 2. The zero-order chi connectivity index (χ0) is 12.5. The summed E-state index contributed by atoms with van der Waals surface area (Å²) in [5.74, 6) is 0. The normalized spacial score (nSPS) is 21.4. The van der Waals surface area contributed by atoms with E-state index in [9.17, 15) is 8.42 Å². The Bertz CT molecular complexity index is 504. The fourth-order valence-corrected chi connectivity index (χ4v) is 3.71. The van der Waals surface area contributed by atoms with Gasteiger partial charge in [0, 0.05) is 12.3 Å². The second-order valence-electron chi connectivity index (χ2n) is 4.40. The van der Waals surface area contributed by atoms with Gasteiger partial charge in [-0.2, -0.15) is 0 Å². The predicted molar refractivity (Wildman–Crippen MR) is 66.6 cm³/mol. The van der Waals surface area contributed by atoms with Gasteiger partial charge in [0.25, 0.3) is 0 Å². The molecule has 0 saturated carbocycles. The predicted octanol–water partition coefficient (Wildman–Crippen LogP) is 1.53. The minimum absolute atomic E-state index is 0.297. The van der Waals surface area contributed by atoms with Crippen molar-refractivity contribution >= 4 is 15.5 Å². The standard InChI is InChI=1S/C12H17NO3S/c1-9-7-10(4-5-12(9)13)17(14,15)11-3-2-6-16-8-11/h4-5,7,11H,2-3,6,8,13H2,1H3. The van der Waals surface area contributed by atoms with E-state index in [0.717, 1.165) is 12.0 Å². The Morgan fingerprint density at radius 3 is 2.76 bits per heavy atom. The summed E-state index contributed by atoms with van der Waals surface area (Å²) in [5.41, 5.74) is 7.10. The molecule has 1 aromatic rings. The topological polar surface area (TPSA) is 69.4 Å². The Kier molecular flexibility index (Phi) is 3.40. The van der Waals surface area contributed by atoms with E-state index in [1.807, 2.05) is 6.92 Å². The van der Waals surface area contributed by atoms with E-state index in [1.165, 1.54) is 0 Å². The Morgan fingerprint density at radius 1 is 1.41 bits per heavy atom. The molecule has 5 heteroatoms. The number of hydrogen-bond acceptors (Lipinski definition) is 4. The van der Waals surface area contributed by atoms with Crippen molar-refractivity contribution in [2.75, 3.05) is 18.9 Å². The van der Waals surface area contributed by atoms with E-state index in [4.69, 9.17) is 10.5 Å². The van der Waals surface area contributed by atoms with Gasteiger partial charge in [0.2, 0.25) is 0 Å². The SMILES string of the molecule is Cc1cc(S(=O)(=O)C2CCCOC2)ccc1N. The lowest BCUT2D eigenvalue weighted by Gasteiger charge is -2.22. The molecule has 1 fully saturated rings. The Morgan fingerprint density at radius 2 is 2.18 bits per heavy atom. The van der Waals surface area contributed by atoms with Crippen LogP contribution < -0.4 is 5.73 Å². The van der Waals surface area contributed by atoms with E-state index < -0.39 is 15.1 Å². The van der Waals surface area contributed by atoms with E-state index in [2.05, 4.69) is 0 Å². The number of sulfone groups is 1. The molecular formula is C12H17NO3S. The first kappa shape index (κ1) is 12.4. The third-order valence-electron chi connectivity index (χ3n) is 3.13. The largest absolute Gasteiger partial charge is 0.399 e. The van der Waals surface area contributed by atoms with Gasteiger partial charge in [-0.25, -0.2) is 8.42 Å². The highest BCUT2D eigenvalue weighted by Crippen LogP contribution is 2.24. The molecule has 1 atom stereocenters. The molecule has 1 heterocycles. The summed E-state index contributed by atoms with van der Waals surface area (Å²) in [5, 5.41) is -0.417. The quantitative estimate of drug-likeness (QED) is 0.814. The molecule has 0 bridgehead atoms. The Balaban J connectivity index is 2.33. The number of ether oxygens (including phenoxy) is 1. The minimum atomic E-state index is -3.28. The number of nitrogen functional groups attached to an aromatic ring is 1. The third-order valence-corrected chi connectivity index (χ3v) is 5.29. The maximum absolute atomic E-state index is 12.3. The van der Waals surface area contributed by atoms with Gasteiger partial charge in [0.05, 0.1) is 16.8 Å². The van der Waals surface area contributed by atoms with Crippen LogP contribution >= 0.6 is 0 Å². The Labute approximate surface area is 102 Å². The lowest BCUT2D eigenvalue weighted by Crippen LogP contribution is -2.31. The van der Waals surface area contributed by atoms with Gasteiger partial charge in [0.1, 0.15) is 0 Å². The number of aryl methyl sites for hydroxylation is 1. The molecule has 4 nitrogen and oxygen atoms in total. The van der Waals surface area contributed by atoms with E-state index in [0.29, 0.717) is 30.2 Å². The number of anilines is 1. The average molecular weight is 255 g/mol. The second-order valence-corrected chi connectivity index (χ2v) is 6.63. The molecule has 1 aliphatic heterocycles. The molecule has 2 N–H and O–H groups in total. The highest BCUT2D eigenvalue weighted by molar-refractivity contribution is 7.92. The van der Waals surface area contributed by atoms with Gasteiger partial charge < -0.3 is 10.5 Å². The summed E-state index contributed by atoms with van der Waals surface area (Å²) in [6.45, 7) is 2.77. The van der Waals surface area contributed by atoms with Crippen LogP contribution in [0.25, 0.3) is 0 Å². The van der Waals surface area contributed by atoms with Gasteiger partial charge >= 0.3 is 0 Å². The monoisotopic (exact) mass is 255 g/mol. The maximum atomic E-state index is 12.3. The molecule has 2 rings (SSSR count). The summed E-state index contributed by atoms with van der Waals surface area (Å²) >= 11 is 0. The summed E-state index contributed by atoms with van der Waals surface area (Å²) in [6, 6.07) is 4.86. The van der Waals surface area contributed by atoms with Crippen LogP contribution in [-0.4, -0.2) is 26.9 Å². The first-order chi connectivity index (χ1) is 8.01. The van der Waals surface area contributed by atoms with Crippen LogP contribution in [0.3, 0.4) is 0 Å². The van der Waals surface area contributed by atoms with Crippen LogP contribution in [0.4, 0.5) is 5.69 Å². The van der Waals surface area contributed by atoms with Crippen molar-refractivity contribution in [2.24, 2.45) is 0 Å². The van der Waals surface area contributed by atoms with Crippen LogP contribution in [0, 0.1) is 6.92 Å². The first-order valence-corrected chi connectivity index (χ1v) is 7.24. The van der Waals surface area contributed by atoms with Crippen molar-refractivity contribution in [3.63, 3.8) is 0 Å². The molecule has 0 spiro atoms. The smallest absolute Gasteiger partial charge is 0.183 e. The fraction of sp³-hybridized carbons (Fsp3) is 0.500. The van der Waals surface area contributed by atoms with Crippen molar-refractivity contribution in [3.8, 4) is 0 Å². The summed E-state index contributed by atoms with van der Waals surface area (Å²) in [7, 11) is -3.28. The molecular weight excluding hydrogens is 238 g/mol. The highest BCUT2D eigenvalue weighted by Gasteiger charge is 2.29. The molecule has 94 valence electrons. The summed E-state index contributed by atoms with van der Waals surface area (Å²) in [4.78, 5) is 0.347. The molecule has 0 amide bonds. The molecule has 1 saturated heterocycles. The Hall–Kier alpha value is -1.07. The van der Waals surface area contributed by atoms with Gasteiger partial charge in [-0.3, -0.25) is 0 Å². The van der Waals surface area contributed by atoms with Crippen LogP contribution in [-0.2, 0) is 14.6 Å². The zero-order valence-electron chi connectivity index (χ0n) is 9.85. The minimum Gasteiger partial charge on any atom is -0.399 e. The van der Waals surface area contributed by atoms with Crippen molar-refractivity contribution in [3.05, 3.63) is 23.8 Å². The molecule has 0 aliphatic carbocycles. The highest BCUT2D eigenvalue weighted by atomic mass is 32.2. The fourth-order valence-electron chi connectivity index (χ4n) is 1.97. The van der Waals surface area contributed by atoms with Crippen LogP contribution in [0.1, 0.15) is 18.4 Å². The van der Waals surface area contributed by atoms with E-state index in [1.54, 1.807) is 18.2 Å². The van der Waals surface area contributed by atoms with Crippen molar-refractivity contribution in [1.29, 1.82) is 0 Å². The third kappa shape index (κ3) is 2.45. The number of benzene rings is 1. The molecule has 1 unspecified atom stereocenters. The summed E-state index contributed by atoms with van der Waals surface area (Å²) in [6.07, 6.45) is 1.48. The van der Waals surface area contributed by atoms with Crippen molar-refractivity contribution in [2.45, 2.75) is 29.9 Å². The second kappa shape index (κ2) is 4.66. The number of nitrogens with two attached hydrogens (primary N) is 1. The van der Waals surface area contributed by atoms with Crippen molar-refractivity contribution in [1.82, 2.24) is 0 Å². The van der Waals surface area contributed by atoms with Gasteiger partial charge in [-0.05, 0) is 43.5 Å². The van der Waals surface area contributed by atoms with Gasteiger partial charge in [0.15, 0.2) is 9.84 Å². The molecule has 1 aliphatic rings. The van der Waals surface area contributed by atoms with E-state index >= 15 is 0 Å². The molecule has 0 radical (unpaired) electrons. The molecule has 17 heavy (non-hydrogen) atoms. The number of hydrogen-bond donors (Lipinski definition) is 1. The molecule has 0 aromatic heterocycles. The van der Waals surface area contributed by atoms with E-state index in [-0.39, 0.29) is 0 Å². The van der Waals surface area contributed by atoms with Gasteiger partial charge in [-0.1, -0.05) is 0 Å². The lowest BCUT2D eigenvalue weighted by atomic mass is 10.2. The lowest BCUT2D eigenvalue weighted by molar-refractivity contribution is 0.0991. The molecule has 1 aromatic carbocycles. The van der Waals surface area contributed by atoms with Crippen molar-refractivity contribution < 1.29 is 13.2 Å². The van der Waals surface area contributed by atoms with Gasteiger partial charge in [-0.15, -0.1) is 0 Å². The van der Waals surface area contributed by atoms with Crippen LogP contribution in [0.15, 0.2) is 23.1 Å². The first-order valence-electron chi connectivity index (χ1n) is 5.69. The average Bonchev–Trinajstić information content (AvgIpc) is 2.33. The van der Waals surface area contributed by atoms with Crippen LogP contribution in [0.5, 0.6) is 0 Å². The van der Waals surface area contributed by atoms with Crippen LogP contribution in [0.2, 0.25) is 0 Å². The summed E-state index contributed by atoms with van der Waals surface area (Å²) < 4.78 is 29.9. The maximum Gasteiger partial charge on any atom is 0.183 e. The zero-order valence-corrected chi connectivity index (χ0v) is 10.7.